The lowest BCUT2D eigenvalue weighted by Gasteiger charge is -2.28. The number of benzene rings is 1. The minimum absolute atomic E-state index is 0.221. The SMILES string of the molecule is CCc1ccc(C(C)NS(=O)(=O)N2CCNCC2)cc1. The Kier molecular flexibility index (Phi) is 5.15. The van der Waals surface area contributed by atoms with Gasteiger partial charge in [0.1, 0.15) is 0 Å². The Bertz CT molecular complexity index is 522. The zero-order valence-electron chi connectivity index (χ0n) is 12.1. The molecule has 20 heavy (non-hydrogen) atoms. The molecular formula is C14H23N3O2S. The van der Waals surface area contributed by atoms with Gasteiger partial charge >= 0.3 is 0 Å². The van der Waals surface area contributed by atoms with Crippen LogP contribution in [0.25, 0.3) is 0 Å². The van der Waals surface area contributed by atoms with E-state index in [-0.39, 0.29) is 6.04 Å². The molecule has 0 saturated carbocycles. The molecule has 1 atom stereocenters. The first-order valence-corrected chi connectivity index (χ1v) is 8.54. The van der Waals surface area contributed by atoms with Gasteiger partial charge in [-0.15, -0.1) is 0 Å². The van der Waals surface area contributed by atoms with Crippen LogP contribution in [0.2, 0.25) is 0 Å². The van der Waals surface area contributed by atoms with Gasteiger partial charge in [0.05, 0.1) is 0 Å². The average molecular weight is 297 g/mol. The second-order valence-corrected chi connectivity index (χ2v) is 6.79. The molecule has 1 aliphatic heterocycles. The number of hydrogen-bond donors (Lipinski definition) is 2. The number of rotatable bonds is 5. The van der Waals surface area contributed by atoms with Gasteiger partial charge in [0, 0.05) is 32.2 Å². The highest BCUT2D eigenvalue weighted by Crippen LogP contribution is 2.16. The molecule has 0 bridgehead atoms. The van der Waals surface area contributed by atoms with Crippen LogP contribution in [0, 0.1) is 0 Å². The third-order valence-corrected chi connectivity index (χ3v) is 5.33. The second-order valence-electron chi connectivity index (χ2n) is 5.09. The Morgan fingerprint density at radius 3 is 2.40 bits per heavy atom. The van der Waals surface area contributed by atoms with Crippen LogP contribution in [-0.4, -0.2) is 38.9 Å². The molecule has 2 rings (SSSR count). The molecule has 0 aliphatic carbocycles. The summed E-state index contributed by atoms with van der Waals surface area (Å²) in [5, 5.41) is 3.15. The first kappa shape index (κ1) is 15.4. The molecule has 0 radical (unpaired) electrons. The Hall–Kier alpha value is -0.950. The summed E-state index contributed by atoms with van der Waals surface area (Å²) in [6.07, 6.45) is 0.987. The van der Waals surface area contributed by atoms with Gasteiger partial charge in [0.25, 0.3) is 10.2 Å². The van der Waals surface area contributed by atoms with E-state index in [4.69, 9.17) is 0 Å². The van der Waals surface area contributed by atoms with Crippen molar-refractivity contribution in [3.8, 4) is 0 Å². The molecule has 1 saturated heterocycles. The molecule has 1 fully saturated rings. The van der Waals surface area contributed by atoms with Crippen LogP contribution in [0.1, 0.15) is 31.0 Å². The van der Waals surface area contributed by atoms with E-state index in [9.17, 15) is 8.42 Å². The molecule has 2 N–H and O–H groups in total. The van der Waals surface area contributed by atoms with E-state index in [1.54, 1.807) is 0 Å². The van der Waals surface area contributed by atoms with Gasteiger partial charge in [-0.25, -0.2) is 0 Å². The minimum Gasteiger partial charge on any atom is -0.314 e. The lowest BCUT2D eigenvalue weighted by Crippen LogP contribution is -2.50. The van der Waals surface area contributed by atoms with Crippen molar-refractivity contribution in [2.75, 3.05) is 26.2 Å². The Morgan fingerprint density at radius 2 is 1.85 bits per heavy atom. The monoisotopic (exact) mass is 297 g/mol. The predicted octanol–water partition coefficient (Wildman–Crippen LogP) is 1.05. The Balaban J connectivity index is 2.03. The molecule has 6 heteroatoms. The van der Waals surface area contributed by atoms with Crippen molar-refractivity contribution in [2.24, 2.45) is 0 Å². The summed E-state index contributed by atoms with van der Waals surface area (Å²) in [6, 6.07) is 7.85. The average Bonchev–Trinajstić information content (AvgIpc) is 2.48. The van der Waals surface area contributed by atoms with Gasteiger partial charge < -0.3 is 5.32 Å². The van der Waals surface area contributed by atoms with Gasteiger partial charge in [0.15, 0.2) is 0 Å². The molecule has 0 spiro atoms. The standard InChI is InChI=1S/C14H23N3O2S/c1-3-13-4-6-14(7-5-13)12(2)16-20(18,19)17-10-8-15-9-11-17/h4-7,12,15-16H,3,8-11H2,1-2H3. The molecule has 1 unspecified atom stereocenters. The number of piperazine rings is 1. The van der Waals surface area contributed by atoms with E-state index in [0.29, 0.717) is 26.2 Å². The van der Waals surface area contributed by atoms with Crippen LogP contribution >= 0.6 is 0 Å². The van der Waals surface area contributed by atoms with Gasteiger partial charge in [0.2, 0.25) is 0 Å². The quantitative estimate of drug-likeness (QED) is 0.854. The summed E-state index contributed by atoms with van der Waals surface area (Å²) in [5.74, 6) is 0. The van der Waals surface area contributed by atoms with Gasteiger partial charge in [-0.3, -0.25) is 0 Å². The highest BCUT2D eigenvalue weighted by Gasteiger charge is 2.25. The third-order valence-electron chi connectivity index (χ3n) is 3.63. The smallest absolute Gasteiger partial charge is 0.280 e. The summed E-state index contributed by atoms with van der Waals surface area (Å²) < 4.78 is 28.8. The first-order valence-electron chi connectivity index (χ1n) is 7.10. The summed E-state index contributed by atoms with van der Waals surface area (Å²) in [5.41, 5.74) is 2.24. The van der Waals surface area contributed by atoms with E-state index in [1.165, 1.54) is 9.87 Å². The van der Waals surface area contributed by atoms with Crippen molar-refractivity contribution in [1.29, 1.82) is 0 Å². The molecule has 1 aromatic rings. The number of aryl methyl sites for hydroxylation is 1. The van der Waals surface area contributed by atoms with Crippen LogP contribution in [0.4, 0.5) is 0 Å². The minimum atomic E-state index is -3.40. The van der Waals surface area contributed by atoms with Crippen LogP contribution < -0.4 is 10.0 Å². The zero-order chi connectivity index (χ0) is 14.6. The molecule has 1 aromatic carbocycles. The summed E-state index contributed by atoms with van der Waals surface area (Å²) in [7, 11) is -3.40. The van der Waals surface area contributed by atoms with Crippen molar-refractivity contribution < 1.29 is 8.42 Å². The normalized spacial score (nSPS) is 18.9. The summed E-state index contributed by atoms with van der Waals surface area (Å²) >= 11 is 0. The van der Waals surface area contributed by atoms with Gasteiger partial charge in [-0.1, -0.05) is 31.2 Å². The predicted molar refractivity (Wildman–Crippen MR) is 80.7 cm³/mol. The maximum Gasteiger partial charge on any atom is 0.280 e. The topological polar surface area (TPSA) is 61.4 Å². The molecule has 0 aromatic heterocycles. The Labute approximate surface area is 121 Å². The molecule has 1 aliphatic rings. The van der Waals surface area contributed by atoms with E-state index in [0.717, 1.165) is 12.0 Å². The van der Waals surface area contributed by atoms with Crippen LogP contribution in [0.3, 0.4) is 0 Å². The zero-order valence-corrected chi connectivity index (χ0v) is 12.9. The van der Waals surface area contributed by atoms with Gasteiger partial charge in [-0.05, 0) is 24.5 Å². The van der Waals surface area contributed by atoms with Crippen LogP contribution in [0.15, 0.2) is 24.3 Å². The fraction of sp³-hybridized carbons (Fsp3) is 0.571. The summed E-state index contributed by atoms with van der Waals surface area (Å²) in [4.78, 5) is 0. The van der Waals surface area contributed by atoms with Crippen LogP contribution in [0.5, 0.6) is 0 Å². The van der Waals surface area contributed by atoms with Crippen molar-refractivity contribution in [2.45, 2.75) is 26.3 Å². The molecule has 5 nitrogen and oxygen atoms in total. The first-order chi connectivity index (χ1) is 9.53. The van der Waals surface area contributed by atoms with Crippen LogP contribution in [-0.2, 0) is 16.6 Å². The third kappa shape index (κ3) is 3.79. The highest BCUT2D eigenvalue weighted by atomic mass is 32.2. The maximum atomic E-state index is 12.3. The van der Waals surface area contributed by atoms with E-state index in [1.807, 2.05) is 31.2 Å². The largest absolute Gasteiger partial charge is 0.314 e. The van der Waals surface area contributed by atoms with Crippen molar-refractivity contribution in [1.82, 2.24) is 14.3 Å². The lowest BCUT2D eigenvalue weighted by molar-refractivity contribution is 0.352. The molecule has 112 valence electrons. The summed E-state index contributed by atoms with van der Waals surface area (Å²) in [6.45, 7) is 6.45. The number of hydrogen-bond acceptors (Lipinski definition) is 3. The van der Waals surface area contributed by atoms with E-state index in [2.05, 4.69) is 17.0 Å². The maximum absolute atomic E-state index is 12.3. The molecular weight excluding hydrogens is 274 g/mol. The number of nitrogens with one attached hydrogen (secondary N) is 2. The Morgan fingerprint density at radius 1 is 1.25 bits per heavy atom. The van der Waals surface area contributed by atoms with Crippen molar-refractivity contribution in [3.63, 3.8) is 0 Å². The van der Waals surface area contributed by atoms with E-state index < -0.39 is 10.2 Å². The van der Waals surface area contributed by atoms with Crippen molar-refractivity contribution in [3.05, 3.63) is 35.4 Å². The number of nitrogens with zero attached hydrogens (tertiary/aromatic N) is 1. The fourth-order valence-corrected chi connectivity index (χ4v) is 3.69. The molecule has 1 heterocycles. The highest BCUT2D eigenvalue weighted by molar-refractivity contribution is 7.87. The fourth-order valence-electron chi connectivity index (χ4n) is 2.29. The van der Waals surface area contributed by atoms with Crippen molar-refractivity contribution >= 4 is 10.2 Å². The van der Waals surface area contributed by atoms with E-state index >= 15 is 0 Å². The van der Waals surface area contributed by atoms with Gasteiger partial charge in [-0.2, -0.15) is 17.4 Å². The second kappa shape index (κ2) is 6.67. The molecule has 0 amide bonds. The lowest BCUT2D eigenvalue weighted by atomic mass is 10.1.